The van der Waals surface area contributed by atoms with Gasteiger partial charge in [-0.3, -0.25) is 4.68 Å². The topological polar surface area (TPSA) is 29.9 Å². The molecule has 2 heterocycles. The largest absolute Gasteiger partial charge is 0.312 e. The monoisotopic (exact) mass is 255 g/mol. The van der Waals surface area contributed by atoms with Crippen LogP contribution >= 0.6 is 0 Å². The summed E-state index contributed by atoms with van der Waals surface area (Å²) in [5.74, 6) is 0. The molecule has 1 aromatic carbocycles. The standard InChI is InChI=1S/C16H21N3/c1-12-5-3-6-14(9-12)16-11-19(18-13(16)2)10-15-7-4-8-17-15/h3,5-6,9,11,15,17H,4,7-8,10H2,1-2H3. The van der Waals surface area contributed by atoms with E-state index in [0.29, 0.717) is 6.04 Å². The second-order valence-electron chi connectivity index (χ2n) is 5.51. The first-order valence-electron chi connectivity index (χ1n) is 7.07. The zero-order chi connectivity index (χ0) is 13.2. The van der Waals surface area contributed by atoms with Crippen molar-refractivity contribution in [3.63, 3.8) is 0 Å². The third kappa shape index (κ3) is 2.71. The number of hydrogen-bond donors (Lipinski definition) is 1. The van der Waals surface area contributed by atoms with E-state index in [1.54, 1.807) is 0 Å². The first-order chi connectivity index (χ1) is 9.22. The van der Waals surface area contributed by atoms with E-state index in [1.165, 1.54) is 29.5 Å². The molecule has 0 spiro atoms. The molecule has 0 amide bonds. The molecule has 1 unspecified atom stereocenters. The third-order valence-electron chi connectivity index (χ3n) is 3.85. The highest BCUT2D eigenvalue weighted by molar-refractivity contribution is 5.65. The van der Waals surface area contributed by atoms with E-state index in [9.17, 15) is 0 Å². The van der Waals surface area contributed by atoms with Crippen molar-refractivity contribution in [2.75, 3.05) is 6.54 Å². The summed E-state index contributed by atoms with van der Waals surface area (Å²) in [5, 5.41) is 8.18. The fourth-order valence-electron chi connectivity index (χ4n) is 2.85. The maximum absolute atomic E-state index is 4.66. The SMILES string of the molecule is Cc1cccc(-c2cn(CC3CCCN3)nc2C)c1. The second kappa shape index (κ2) is 5.17. The lowest BCUT2D eigenvalue weighted by Crippen LogP contribution is -2.26. The van der Waals surface area contributed by atoms with Gasteiger partial charge in [-0.05, 0) is 38.8 Å². The maximum atomic E-state index is 4.66. The number of benzene rings is 1. The highest BCUT2D eigenvalue weighted by Crippen LogP contribution is 2.23. The summed E-state index contributed by atoms with van der Waals surface area (Å²) in [7, 11) is 0. The fraction of sp³-hybridized carbons (Fsp3) is 0.438. The molecule has 3 rings (SSSR count). The van der Waals surface area contributed by atoms with Gasteiger partial charge in [0.15, 0.2) is 0 Å². The Kier molecular flexibility index (Phi) is 3.38. The van der Waals surface area contributed by atoms with Crippen molar-refractivity contribution in [3.05, 3.63) is 41.7 Å². The summed E-state index contributed by atoms with van der Waals surface area (Å²) in [4.78, 5) is 0. The molecule has 0 bridgehead atoms. The molecule has 0 radical (unpaired) electrons. The average molecular weight is 255 g/mol. The molecule has 1 atom stereocenters. The molecule has 1 saturated heterocycles. The van der Waals surface area contributed by atoms with Crippen LogP contribution < -0.4 is 5.32 Å². The summed E-state index contributed by atoms with van der Waals surface area (Å²) >= 11 is 0. The van der Waals surface area contributed by atoms with E-state index in [4.69, 9.17) is 0 Å². The van der Waals surface area contributed by atoms with Gasteiger partial charge in [-0.15, -0.1) is 0 Å². The van der Waals surface area contributed by atoms with Crippen LogP contribution in [0.5, 0.6) is 0 Å². The molecule has 100 valence electrons. The predicted octanol–water partition coefficient (Wildman–Crippen LogP) is 2.92. The van der Waals surface area contributed by atoms with Crippen LogP contribution in [0.15, 0.2) is 30.5 Å². The number of aryl methyl sites for hydroxylation is 2. The molecule has 0 saturated carbocycles. The van der Waals surface area contributed by atoms with Crippen LogP contribution in [0.1, 0.15) is 24.1 Å². The average Bonchev–Trinajstić information content (AvgIpc) is 3.00. The Bertz CT molecular complexity index is 565. The van der Waals surface area contributed by atoms with Gasteiger partial charge >= 0.3 is 0 Å². The third-order valence-corrected chi connectivity index (χ3v) is 3.85. The molecule has 1 aliphatic heterocycles. The Morgan fingerprint density at radius 3 is 3.00 bits per heavy atom. The Labute approximate surface area is 114 Å². The van der Waals surface area contributed by atoms with Crippen molar-refractivity contribution >= 4 is 0 Å². The molecule has 1 fully saturated rings. The summed E-state index contributed by atoms with van der Waals surface area (Å²) in [5.41, 5.74) is 4.93. The van der Waals surface area contributed by atoms with Crippen LogP contribution in [-0.2, 0) is 6.54 Å². The quantitative estimate of drug-likeness (QED) is 0.914. The van der Waals surface area contributed by atoms with E-state index < -0.39 is 0 Å². The van der Waals surface area contributed by atoms with E-state index in [-0.39, 0.29) is 0 Å². The van der Waals surface area contributed by atoms with Gasteiger partial charge in [0.2, 0.25) is 0 Å². The summed E-state index contributed by atoms with van der Waals surface area (Å²) in [6.45, 7) is 6.35. The van der Waals surface area contributed by atoms with Gasteiger partial charge in [0.25, 0.3) is 0 Å². The Morgan fingerprint density at radius 1 is 1.37 bits per heavy atom. The van der Waals surface area contributed by atoms with Crippen molar-refractivity contribution in [2.24, 2.45) is 0 Å². The Hall–Kier alpha value is -1.61. The first-order valence-corrected chi connectivity index (χ1v) is 7.07. The fourth-order valence-corrected chi connectivity index (χ4v) is 2.85. The molecule has 1 aliphatic rings. The molecule has 2 aromatic rings. The summed E-state index contributed by atoms with van der Waals surface area (Å²) < 4.78 is 2.09. The Balaban J connectivity index is 1.84. The van der Waals surface area contributed by atoms with Crippen molar-refractivity contribution < 1.29 is 0 Å². The van der Waals surface area contributed by atoms with Gasteiger partial charge in [0.05, 0.1) is 12.2 Å². The number of hydrogen-bond acceptors (Lipinski definition) is 2. The minimum absolute atomic E-state index is 0.588. The Morgan fingerprint density at radius 2 is 2.26 bits per heavy atom. The zero-order valence-corrected chi connectivity index (χ0v) is 11.7. The van der Waals surface area contributed by atoms with E-state index in [1.807, 2.05) is 0 Å². The van der Waals surface area contributed by atoms with Crippen LogP contribution in [-0.4, -0.2) is 22.4 Å². The van der Waals surface area contributed by atoms with Crippen LogP contribution in [0, 0.1) is 13.8 Å². The maximum Gasteiger partial charge on any atom is 0.0672 e. The minimum Gasteiger partial charge on any atom is -0.312 e. The van der Waals surface area contributed by atoms with Crippen molar-refractivity contribution in [1.29, 1.82) is 0 Å². The van der Waals surface area contributed by atoms with E-state index in [0.717, 1.165) is 18.8 Å². The van der Waals surface area contributed by atoms with Crippen molar-refractivity contribution in [1.82, 2.24) is 15.1 Å². The van der Waals surface area contributed by atoms with Gasteiger partial charge in [-0.2, -0.15) is 5.10 Å². The highest BCUT2D eigenvalue weighted by atomic mass is 15.3. The summed E-state index contributed by atoms with van der Waals surface area (Å²) in [6, 6.07) is 9.22. The lowest BCUT2D eigenvalue weighted by molar-refractivity contribution is 0.474. The number of aromatic nitrogens is 2. The zero-order valence-electron chi connectivity index (χ0n) is 11.7. The lowest BCUT2D eigenvalue weighted by Gasteiger charge is -2.09. The van der Waals surface area contributed by atoms with Crippen molar-refractivity contribution in [3.8, 4) is 11.1 Å². The molecule has 19 heavy (non-hydrogen) atoms. The number of nitrogens with one attached hydrogen (secondary N) is 1. The van der Waals surface area contributed by atoms with Crippen LogP contribution in [0.25, 0.3) is 11.1 Å². The predicted molar refractivity (Wildman–Crippen MR) is 78.2 cm³/mol. The molecule has 0 aliphatic carbocycles. The van der Waals surface area contributed by atoms with Crippen LogP contribution in [0.2, 0.25) is 0 Å². The minimum atomic E-state index is 0.588. The first kappa shape index (κ1) is 12.4. The van der Waals surface area contributed by atoms with Gasteiger partial charge in [0, 0.05) is 17.8 Å². The molecule has 3 heteroatoms. The normalized spacial score (nSPS) is 18.9. The molecular weight excluding hydrogens is 234 g/mol. The van der Waals surface area contributed by atoms with Crippen LogP contribution in [0.4, 0.5) is 0 Å². The number of nitrogens with zero attached hydrogens (tertiary/aromatic N) is 2. The van der Waals surface area contributed by atoms with Gasteiger partial charge in [-0.1, -0.05) is 29.8 Å². The van der Waals surface area contributed by atoms with E-state index in [2.05, 4.69) is 59.4 Å². The van der Waals surface area contributed by atoms with E-state index >= 15 is 0 Å². The van der Waals surface area contributed by atoms with Gasteiger partial charge < -0.3 is 5.32 Å². The number of rotatable bonds is 3. The summed E-state index contributed by atoms with van der Waals surface area (Å²) in [6.07, 6.45) is 4.73. The molecule has 3 nitrogen and oxygen atoms in total. The molecule has 1 N–H and O–H groups in total. The second-order valence-corrected chi connectivity index (χ2v) is 5.51. The van der Waals surface area contributed by atoms with Crippen LogP contribution in [0.3, 0.4) is 0 Å². The van der Waals surface area contributed by atoms with Gasteiger partial charge in [0.1, 0.15) is 0 Å². The smallest absolute Gasteiger partial charge is 0.0672 e. The lowest BCUT2D eigenvalue weighted by atomic mass is 10.0. The van der Waals surface area contributed by atoms with Crippen molar-refractivity contribution in [2.45, 2.75) is 39.3 Å². The van der Waals surface area contributed by atoms with Gasteiger partial charge in [-0.25, -0.2) is 0 Å². The molecular formula is C16H21N3. The highest BCUT2D eigenvalue weighted by Gasteiger charge is 2.16. The molecule has 1 aromatic heterocycles.